The molecule has 0 bridgehead atoms. The Morgan fingerprint density at radius 1 is 1.50 bits per heavy atom. The van der Waals surface area contributed by atoms with E-state index in [1.807, 2.05) is 0 Å². The maximum Gasteiger partial charge on any atom is 0.0638 e. The van der Waals surface area contributed by atoms with Crippen LogP contribution in [0.1, 0.15) is 43.0 Å². The second kappa shape index (κ2) is 5.46. The minimum atomic E-state index is 0.190. The molecule has 1 aromatic heterocycles. The molecule has 2 N–H and O–H groups in total. The molecule has 4 heteroatoms. The van der Waals surface area contributed by atoms with Crippen LogP contribution in [0.4, 0.5) is 0 Å². The quantitative estimate of drug-likeness (QED) is 0.742. The largest absolute Gasteiger partial charge is 0.395 e. The van der Waals surface area contributed by atoms with Crippen LogP contribution < -0.4 is 5.32 Å². The van der Waals surface area contributed by atoms with E-state index < -0.39 is 0 Å². The first-order valence-electron chi connectivity index (χ1n) is 6.17. The molecule has 0 amide bonds. The lowest BCUT2D eigenvalue weighted by molar-refractivity contribution is 0.292. The molecular weight excluding hydrogens is 202 g/mol. The highest BCUT2D eigenvalue weighted by molar-refractivity contribution is 5.15. The normalized spacial score (nSPS) is 17.1. The third-order valence-electron chi connectivity index (χ3n) is 3.32. The van der Waals surface area contributed by atoms with Crippen molar-refractivity contribution in [2.24, 2.45) is 0 Å². The summed E-state index contributed by atoms with van der Waals surface area (Å²) >= 11 is 0. The molecule has 0 spiro atoms. The van der Waals surface area contributed by atoms with E-state index in [0.717, 1.165) is 12.2 Å². The zero-order chi connectivity index (χ0) is 11.4. The predicted octanol–water partition coefficient (Wildman–Crippen LogP) is 1.39. The number of aliphatic hydroxyl groups is 1. The molecule has 1 saturated carbocycles. The van der Waals surface area contributed by atoms with Gasteiger partial charge in [-0.3, -0.25) is 4.68 Å². The van der Waals surface area contributed by atoms with Gasteiger partial charge in [0.2, 0.25) is 0 Å². The Kier molecular flexibility index (Phi) is 3.96. The summed E-state index contributed by atoms with van der Waals surface area (Å²) in [5, 5.41) is 16.5. The molecule has 1 fully saturated rings. The summed E-state index contributed by atoms with van der Waals surface area (Å²) in [6.07, 6.45) is 7.37. The van der Waals surface area contributed by atoms with E-state index in [1.165, 1.54) is 31.2 Å². The number of aryl methyl sites for hydroxylation is 1. The minimum Gasteiger partial charge on any atom is -0.395 e. The molecule has 16 heavy (non-hydrogen) atoms. The third-order valence-corrected chi connectivity index (χ3v) is 3.32. The van der Waals surface area contributed by atoms with Crippen molar-refractivity contribution in [2.75, 3.05) is 13.2 Å². The summed E-state index contributed by atoms with van der Waals surface area (Å²) in [6.45, 7) is 3.70. The molecule has 2 rings (SSSR count). The van der Waals surface area contributed by atoms with E-state index >= 15 is 0 Å². The topological polar surface area (TPSA) is 50.1 Å². The van der Waals surface area contributed by atoms with Crippen LogP contribution >= 0.6 is 0 Å². The first-order chi connectivity index (χ1) is 7.81. The minimum absolute atomic E-state index is 0.190. The number of hydrogen-bond donors (Lipinski definition) is 2. The third kappa shape index (κ3) is 2.62. The zero-order valence-electron chi connectivity index (χ0n) is 9.95. The first kappa shape index (κ1) is 11.6. The monoisotopic (exact) mass is 223 g/mol. The van der Waals surface area contributed by atoms with Gasteiger partial charge in [0.1, 0.15) is 0 Å². The van der Waals surface area contributed by atoms with Crippen LogP contribution in [0.25, 0.3) is 0 Å². The predicted molar refractivity (Wildman–Crippen MR) is 63.3 cm³/mol. The first-order valence-corrected chi connectivity index (χ1v) is 6.17. The maximum absolute atomic E-state index is 8.71. The Hall–Kier alpha value is -0.870. The Bertz CT molecular complexity index is 329. The van der Waals surface area contributed by atoms with E-state index in [2.05, 4.69) is 28.2 Å². The molecule has 90 valence electrons. The maximum atomic E-state index is 8.71. The van der Waals surface area contributed by atoms with E-state index in [-0.39, 0.29) is 6.61 Å². The van der Waals surface area contributed by atoms with E-state index in [0.29, 0.717) is 12.6 Å². The molecule has 0 aliphatic heterocycles. The lowest BCUT2D eigenvalue weighted by Gasteiger charge is -2.08. The summed E-state index contributed by atoms with van der Waals surface area (Å²) < 4.78 is 2.14. The van der Waals surface area contributed by atoms with Crippen molar-refractivity contribution in [2.45, 2.75) is 45.2 Å². The highest BCUT2D eigenvalue weighted by Gasteiger charge is 2.18. The molecule has 1 aliphatic rings. The van der Waals surface area contributed by atoms with Gasteiger partial charge in [-0.2, -0.15) is 5.10 Å². The molecule has 1 heterocycles. The van der Waals surface area contributed by atoms with Crippen LogP contribution in [-0.4, -0.2) is 28.0 Å². The van der Waals surface area contributed by atoms with Gasteiger partial charge in [0.15, 0.2) is 0 Å². The Morgan fingerprint density at radius 2 is 2.25 bits per heavy atom. The van der Waals surface area contributed by atoms with Crippen molar-refractivity contribution >= 4 is 0 Å². The molecule has 0 aromatic carbocycles. The summed E-state index contributed by atoms with van der Waals surface area (Å²) in [6, 6.07) is 0.616. The second-order valence-electron chi connectivity index (χ2n) is 4.56. The van der Waals surface area contributed by atoms with Gasteiger partial charge in [-0.25, -0.2) is 0 Å². The smallest absolute Gasteiger partial charge is 0.0638 e. The number of hydrogen-bond acceptors (Lipinski definition) is 3. The van der Waals surface area contributed by atoms with Crippen LogP contribution in [0.3, 0.4) is 0 Å². The van der Waals surface area contributed by atoms with E-state index in [9.17, 15) is 0 Å². The van der Waals surface area contributed by atoms with Gasteiger partial charge < -0.3 is 10.4 Å². The molecule has 4 nitrogen and oxygen atoms in total. The standard InChI is InChI=1S/C12H21N3O/c1-10-11(8-13-6-7-16)9-15(14-10)12-4-2-3-5-12/h9,12-13,16H,2-8H2,1H3. The Balaban J connectivity index is 1.97. The highest BCUT2D eigenvalue weighted by Crippen LogP contribution is 2.29. The Morgan fingerprint density at radius 3 is 2.94 bits per heavy atom. The molecule has 0 saturated heterocycles. The van der Waals surface area contributed by atoms with Crippen LogP contribution in [0, 0.1) is 6.92 Å². The summed E-state index contributed by atoms with van der Waals surface area (Å²) in [5.74, 6) is 0. The molecule has 1 aromatic rings. The van der Waals surface area contributed by atoms with Gasteiger partial charge in [0.25, 0.3) is 0 Å². The van der Waals surface area contributed by atoms with Crippen molar-refractivity contribution in [3.05, 3.63) is 17.5 Å². The van der Waals surface area contributed by atoms with Gasteiger partial charge in [-0.1, -0.05) is 12.8 Å². The van der Waals surface area contributed by atoms with Gasteiger partial charge >= 0.3 is 0 Å². The fourth-order valence-electron chi connectivity index (χ4n) is 2.35. The lowest BCUT2D eigenvalue weighted by Crippen LogP contribution is -2.17. The van der Waals surface area contributed by atoms with E-state index in [4.69, 9.17) is 5.11 Å². The molecule has 1 aliphatic carbocycles. The van der Waals surface area contributed by atoms with E-state index in [1.54, 1.807) is 0 Å². The zero-order valence-corrected chi connectivity index (χ0v) is 9.95. The second-order valence-corrected chi connectivity index (χ2v) is 4.56. The molecule has 0 unspecified atom stereocenters. The van der Waals surface area contributed by atoms with Gasteiger partial charge in [0, 0.05) is 24.8 Å². The average molecular weight is 223 g/mol. The fraction of sp³-hybridized carbons (Fsp3) is 0.750. The number of rotatable bonds is 5. The van der Waals surface area contributed by atoms with Crippen LogP contribution in [0.15, 0.2) is 6.20 Å². The fourth-order valence-corrected chi connectivity index (χ4v) is 2.35. The average Bonchev–Trinajstić information content (AvgIpc) is 2.88. The van der Waals surface area contributed by atoms with Crippen LogP contribution in [0.2, 0.25) is 0 Å². The number of nitrogens with zero attached hydrogens (tertiary/aromatic N) is 2. The summed E-state index contributed by atoms with van der Waals surface area (Å²) in [4.78, 5) is 0. The summed E-state index contributed by atoms with van der Waals surface area (Å²) in [7, 11) is 0. The lowest BCUT2D eigenvalue weighted by atomic mass is 10.2. The number of aliphatic hydroxyl groups excluding tert-OH is 1. The molecular formula is C12H21N3O. The number of nitrogens with one attached hydrogen (secondary N) is 1. The highest BCUT2D eigenvalue weighted by atomic mass is 16.3. The van der Waals surface area contributed by atoms with Crippen molar-refractivity contribution < 1.29 is 5.11 Å². The van der Waals surface area contributed by atoms with Crippen LogP contribution in [-0.2, 0) is 6.54 Å². The van der Waals surface area contributed by atoms with Crippen LogP contribution in [0.5, 0.6) is 0 Å². The SMILES string of the molecule is Cc1nn(C2CCCC2)cc1CNCCO. The van der Waals surface area contributed by atoms with Crippen molar-refractivity contribution in [1.29, 1.82) is 0 Å². The number of aromatic nitrogens is 2. The summed E-state index contributed by atoms with van der Waals surface area (Å²) in [5.41, 5.74) is 2.36. The van der Waals surface area contributed by atoms with Crippen molar-refractivity contribution in [1.82, 2.24) is 15.1 Å². The molecule has 0 radical (unpaired) electrons. The van der Waals surface area contributed by atoms with Gasteiger partial charge in [-0.05, 0) is 19.8 Å². The Labute approximate surface area is 96.7 Å². The van der Waals surface area contributed by atoms with Gasteiger partial charge in [-0.15, -0.1) is 0 Å². The van der Waals surface area contributed by atoms with Crippen molar-refractivity contribution in [3.8, 4) is 0 Å². The van der Waals surface area contributed by atoms with Crippen molar-refractivity contribution in [3.63, 3.8) is 0 Å². The molecule has 0 atom stereocenters. The van der Waals surface area contributed by atoms with Gasteiger partial charge in [0.05, 0.1) is 18.3 Å².